The van der Waals surface area contributed by atoms with Crippen LogP contribution in [0.1, 0.15) is 26.7 Å². The summed E-state index contributed by atoms with van der Waals surface area (Å²) < 4.78 is 9.69. The van der Waals surface area contributed by atoms with Crippen molar-refractivity contribution >= 4 is 11.9 Å². The second kappa shape index (κ2) is 6.57. The summed E-state index contributed by atoms with van der Waals surface area (Å²) in [6.45, 7) is 3.99. The lowest BCUT2D eigenvalue weighted by atomic mass is 9.69. The molecule has 0 aromatic carbocycles. The van der Waals surface area contributed by atoms with E-state index >= 15 is 0 Å². The molecule has 0 aliphatic heterocycles. The van der Waals surface area contributed by atoms with Gasteiger partial charge < -0.3 is 9.47 Å². The van der Waals surface area contributed by atoms with Crippen molar-refractivity contribution in [3.05, 3.63) is 12.2 Å². The van der Waals surface area contributed by atoms with Crippen LogP contribution in [-0.4, -0.2) is 26.2 Å². The summed E-state index contributed by atoms with van der Waals surface area (Å²) in [5.74, 6) is -1.47. The minimum absolute atomic E-state index is 0.00495. The number of esters is 2. The van der Waals surface area contributed by atoms with Gasteiger partial charge in [0.15, 0.2) is 0 Å². The van der Waals surface area contributed by atoms with Gasteiger partial charge in [-0.2, -0.15) is 0 Å². The summed E-state index contributed by atoms with van der Waals surface area (Å²) in [4.78, 5) is 23.9. The Morgan fingerprint density at radius 1 is 1.06 bits per heavy atom. The Bertz CT molecular complexity index is 335. The highest BCUT2D eigenvalue weighted by molar-refractivity contribution is 5.83. The van der Waals surface area contributed by atoms with Gasteiger partial charge in [0.25, 0.3) is 0 Å². The SMILES string of the molecule is CCC[C@@H]1C=C[C@H](C)[C@@H](C(=O)OC)[C@@H]1C(=O)OC. The first kappa shape index (κ1) is 14.7. The van der Waals surface area contributed by atoms with Crippen molar-refractivity contribution in [1.82, 2.24) is 0 Å². The van der Waals surface area contributed by atoms with Crippen LogP contribution in [-0.2, 0) is 19.1 Å². The normalized spacial score (nSPS) is 30.9. The van der Waals surface area contributed by atoms with Gasteiger partial charge in [-0.25, -0.2) is 0 Å². The van der Waals surface area contributed by atoms with E-state index in [0.29, 0.717) is 0 Å². The maximum atomic E-state index is 12.0. The molecule has 0 aromatic heterocycles. The van der Waals surface area contributed by atoms with Crippen molar-refractivity contribution in [1.29, 1.82) is 0 Å². The van der Waals surface area contributed by atoms with Crippen LogP contribution in [0.25, 0.3) is 0 Å². The number of allylic oxidation sites excluding steroid dienone is 2. The number of hydrogen-bond donors (Lipinski definition) is 0. The van der Waals surface area contributed by atoms with Crippen LogP contribution in [0, 0.1) is 23.7 Å². The Kier molecular flexibility index (Phi) is 5.38. The molecular formula is C14H22O4. The largest absolute Gasteiger partial charge is 0.469 e. The number of carbonyl (C=O) groups is 2. The summed E-state index contributed by atoms with van der Waals surface area (Å²) in [5.41, 5.74) is 0. The topological polar surface area (TPSA) is 52.6 Å². The van der Waals surface area contributed by atoms with E-state index in [1.54, 1.807) is 0 Å². The van der Waals surface area contributed by atoms with E-state index in [1.807, 2.05) is 19.1 Å². The molecule has 102 valence electrons. The fourth-order valence-corrected chi connectivity index (χ4v) is 2.71. The van der Waals surface area contributed by atoms with Gasteiger partial charge in [-0.1, -0.05) is 32.4 Å². The van der Waals surface area contributed by atoms with Gasteiger partial charge in [-0.3, -0.25) is 9.59 Å². The van der Waals surface area contributed by atoms with Crippen LogP contribution < -0.4 is 0 Å². The summed E-state index contributed by atoms with van der Waals surface area (Å²) >= 11 is 0. The van der Waals surface area contributed by atoms with Gasteiger partial charge in [-0.05, 0) is 18.3 Å². The van der Waals surface area contributed by atoms with Crippen LogP contribution in [0.2, 0.25) is 0 Å². The zero-order valence-corrected chi connectivity index (χ0v) is 11.5. The maximum Gasteiger partial charge on any atom is 0.310 e. The number of ether oxygens (including phenoxy) is 2. The van der Waals surface area contributed by atoms with Gasteiger partial charge in [0.2, 0.25) is 0 Å². The van der Waals surface area contributed by atoms with Crippen molar-refractivity contribution in [3.63, 3.8) is 0 Å². The first-order chi connectivity index (χ1) is 8.56. The first-order valence-corrected chi connectivity index (χ1v) is 6.40. The van der Waals surface area contributed by atoms with Crippen LogP contribution in [0.3, 0.4) is 0 Å². The third kappa shape index (κ3) is 2.92. The summed E-state index contributed by atoms with van der Waals surface area (Å²) in [6, 6.07) is 0. The van der Waals surface area contributed by atoms with Crippen LogP contribution in [0.15, 0.2) is 12.2 Å². The van der Waals surface area contributed by atoms with Crippen molar-refractivity contribution in [2.45, 2.75) is 26.7 Å². The predicted octanol–water partition coefficient (Wildman–Crippen LogP) is 2.19. The molecule has 0 aromatic rings. The molecule has 0 bridgehead atoms. The molecule has 0 saturated carbocycles. The van der Waals surface area contributed by atoms with Gasteiger partial charge >= 0.3 is 11.9 Å². The Morgan fingerprint density at radius 3 is 2.11 bits per heavy atom. The molecule has 0 fully saturated rings. The summed E-state index contributed by atoms with van der Waals surface area (Å²) in [5, 5.41) is 0. The third-order valence-electron chi connectivity index (χ3n) is 3.65. The number of methoxy groups -OCH3 is 2. The average molecular weight is 254 g/mol. The summed E-state index contributed by atoms with van der Waals surface area (Å²) in [7, 11) is 2.72. The number of carbonyl (C=O) groups excluding carboxylic acids is 2. The van der Waals surface area contributed by atoms with Crippen molar-refractivity contribution < 1.29 is 19.1 Å². The molecule has 0 radical (unpaired) electrons. The second-order valence-electron chi connectivity index (χ2n) is 4.79. The van der Waals surface area contributed by atoms with Gasteiger partial charge in [-0.15, -0.1) is 0 Å². The highest BCUT2D eigenvalue weighted by Crippen LogP contribution is 2.38. The Balaban J connectivity index is 3.06. The van der Waals surface area contributed by atoms with E-state index in [2.05, 4.69) is 6.92 Å². The fourth-order valence-electron chi connectivity index (χ4n) is 2.71. The molecule has 18 heavy (non-hydrogen) atoms. The lowest BCUT2D eigenvalue weighted by Crippen LogP contribution is -2.41. The molecule has 0 spiro atoms. The summed E-state index contributed by atoms with van der Waals surface area (Å²) in [6.07, 6.45) is 5.87. The standard InChI is InChI=1S/C14H22O4/c1-5-6-10-8-7-9(2)11(13(15)17-3)12(10)14(16)18-4/h7-12H,5-6H2,1-4H3/t9-,10+,11+,12+/m0/s1. The highest BCUT2D eigenvalue weighted by Gasteiger charge is 2.44. The van der Waals surface area contributed by atoms with Crippen molar-refractivity contribution in [3.8, 4) is 0 Å². The quantitative estimate of drug-likeness (QED) is 0.570. The molecular weight excluding hydrogens is 232 g/mol. The zero-order chi connectivity index (χ0) is 13.7. The monoisotopic (exact) mass is 254 g/mol. The molecule has 1 rings (SSSR count). The molecule has 0 N–H and O–H groups in total. The lowest BCUT2D eigenvalue weighted by molar-refractivity contribution is -0.161. The Hall–Kier alpha value is -1.32. The van der Waals surface area contributed by atoms with E-state index in [9.17, 15) is 9.59 Å². The first-order valence-electron chi connectivity index (χ1n) is 6.40. The molecule has 0 heterocycles. The van der Waals surface area contributed by atoms with Crippen molar-refractivity contribution in [2.75, 3.05) is 14.2 Å². The van der Waals surface area contributed by atoms with E-state index in [1.165, 1.54) is 14.2 Å². The Labute approximate surface area is 108 Å². The molecule has 1 aliphatic carbocycles. The fraction of sp³-hybridized carbons (Fsp3) is 0.714. The molecule has 1 aliphatic rings. The lowest BCUT2D eigenvalue weighted by Gasteiger charge is -2.34. The third-order valence-corrected chi connectivity index (χ3v) is 3.65. The molecule has 4 atom stereocenters. The highest BCUT2D eigenvalue weighted by atomic mass is 16.5. The molecule has 0 amide bonds. The smallest absolute Gasteiger partial charge is 0.310 e. The minimum Gasteiger partial charge on any atom is -0.469 e. The maximum absolute atomic E-state index is 12.0. The molecule has 0 saturated heterocycles. The predicted molar refractivity (Wildman–Crippen MR) is 67.7 cm³/mol. The van der Waals surface area contributed by atoms with E-state index in [4.69, 9.17) is 9.47 Å². The van der Waals surface area contributed by atoms with Gasteiger partial charge in [0, 0.05) is 0 Å². The second-order valence-corrected chi connectivity index (χ2v) is 4.79. The molecule has 4 heteroatoms. The van der Waals surface area contributed by atoms with Crippen LogP contribution in [0.5, 0.6) is 0 Å². The van der Waals surface area contributed by atoms with E-state index in [-0.39, 0.29) is 23.8 Å². The van der Waals surface area contributed by atoms with Gasteiger partial charge in [0.1, 0.15) is 0 Å². The van der Waals surface area contributed by atoms with Crippen molar-refractivity contribution in [2.24, 2.45) is 23.7 Å². The minimum atomic E-state index is -0.441. The Morgan fingerprint density at radius 2 is 1.61 bits per heavy atom. The zero-order valence-electron chi connectivity index (χ0n) is 11.5. The molecule has 0 unspecified atom stereocenters. The van der Waals surface area contributed by atoms with E-state index < -0.39 is 11.8 Å². The number of hydrogen-bond acceptors (Lipinski definition) is 4. The van der Waals surface area contributed by atoms with Crippen LogP contribution in [0.4, 0.5) is 0 Å². The average Bonchev–Trinajstić information content (AvgIpc) is 2.38. The number of rotatable bonds is 4. The van der Waals surface area contributed by atoms with Gasteiger partial charge in [0.05, 0.1) is 26.1 Å². The molecule has 4 nitrogen and oxygen atoms in total. The van der Waals surface area contributed by atoms with E-state index in [0.717, 1.165) is 12.8 Å². The van der Waals surface area contributed by atoms with Crippen LogP contribution >= 0.6 is 0 Å².